The molecule has 1 fully saturated rings. The molecule has 0 spiro atoms. The molecule has 0 radical (unpaired) electrons. The summed E-state index contributed by atoms with van der Waals surface area (Å²) in [5.41, 5.74) is 2.28. The van der Waals surface area contributed by atoms with Crippen molar-refractivity contribution in [3.05, 3.63) is 28.5 Å². The van der Waals surface area contributed by atoms with E-state index in [1.54, 1.807) is 0 Å². The van der Waals surface area contributed by atoms with Gasteiger partial charge in [0.25, 0.3) is 0 Å². The van der Waals surface area contributed by atoms with Crippen LogP contribution in [0.3, 0.4) is 0 Å². The highest BCUT2D eigenvalue weighted by molar-refractivity contribution is 6.31. The second-order valence-electron chi connectivity index (χ2n) is 3.30. The third-order valence-corrected chi connectivity index (χ3v) is 2.58. The van der Waals surface area contributed by atoms with Gasteiger partial charge in [0.05, 0.1) is 10.7 Å². The van der Waals surface area contributed by atoms with E-state index in [1.165, 1.54) is 12.8 Å². The number of nitrogens with zero attached hydrogens (tertiary/aromatic N) is 1. The molecule has 0 aromatic carbocycles. The molecule has 12 heavy (non-hydrogen) atoms. The summed E-state index contributed by atoms with van der Waals surface area (Å²) in [4.78, 5) is 4.52. The molecule has 2 rings (SSSR count). The van der Waals surface area contributed by atoms with E-state index in [9.17, 15) is 0 Å². The Morgan fingerprint density at radius 1 is 1.50 bits per heavy atom. The molecule has 2 heteroatoms. The molecular formula is C10H12ClN. The van der Waals surface area contributed by atoms with Gasteiger partial charge in [0.1, 0.15) is 0 Å². The Morgan fingerprint density at radius 2 is 2.25 bits per heavy atom. The molecule has 1 saturated carbocycles. The van der Waals surface area contributed by atoms with Crippen molar-refractivity contribution in [2.45, 2.75) is 32.1 Å². The van der Waals surface area contributed by atoms with E-state index < -0.39 is 0 Å². The van der Waals surface area contributed by atoms with Crippen molar-refractivity contribution in [3.8, 4) is 0 Å². The summed E-state index contributed by atoms with van der Waals surface area (Å²) in [5, 5.41) is 0.842. The van der Waals surface area contributed by atoms with Crippen molar-refractivity contribution in [1.29, 1.82) is 0 Å². The van der Waals surface area contributed by atoms with Crippen LogP contribution in [-0.4, -0.2) is 4.98 Å². The number of halogens is 1. The summed E-state index contributed by atoms with van der Waals surface area (Å²) in [6.45, 7) is 2.12. The monoisotopic (exact) mass is 181 g/mol. The van der Waals surface area contributed by atoms with Crippen molar-refractivity contribution in [2.75, 3.05) is 0 Å². The van der Waals surface area contributed by atoms with Gasteiger partial charge in [0, 0.05) is 11.6 Å². The number of hydrogen-bond acceptors (Lipinski definition) is 1. The molecule has 1 aromatic heterocycles. The van der Waals surface area contributed by atoms with Gasteiger partial charge in [-0.2, -0.15) is 0 Å². The molecule has 1 heterocycles. The van der Waals surface area contributed by atoms with Crippen LogP contribution in [0.25, 0.3) is 0 Å². The van der Waals surface area contributed by atoms with Crippen molar-refractivity contribution in [1.82, 2.24) is 4.98 Å². The van der Waals surface area contributed by atoms with Crippen LogP contribution in [0.1, 0.15) is 37.1 Å². The maximum absolute atomic E-state index is 6.03. The van der Waals surface area contributed by atoms with Gasteiger partial charge in [0.2, 0.25) is 0 Å². The lowest BCUT2D eigenvalue weighted by molar-refractivity contribution is 0.947. The highest BCUT2D eigenvalue weighted by Crippen LogP contribution is 2.41. The number of aromatic nitrogens is 1. The Labute approximate surface area is 77.8 Å². The largest absolute Gasteiger partial charge is 0.256 e. The topological polar surface area (TPSA) is 12.9 Å². The van der Waals surface area contributed by atoms with Gasteiger partial charge in [0.15, 0.2) is 0 Å². The summed E-state index contributed by atoms with van der Waals surface area (Å²) < 4.78 is 0. The summed E-state index contributed by atoms with van der Waals surface area (Å²) in [7, 11) is 0. The van der Waals surface area contributed by atoms with E-state index >= 15 is 0 Å². The standard InChI is InChI=1S/C10H12ClN/c1-2-8-5-6-9(11)10(12-8)7-3-4-7/h5-7H,2-4H2,1H3. The minimum absolute atomic E-state index is 0.656. The van der Waals surface area contributed by atoms with Crippen LogP contribution < -0.4 is 0 Å². The predicted molar refractivity (Wildman–Crippen MR) is 50.6 cm³/mol. The first-order chi connectivity index (χ1) is 5.81. The Balaban J connectivity index is 2.36. The number of aryl methyl sites for hydroxylation is 1. The Kier molecular flexibility index (Phi) is 2.05. The van der Waals surface area contributed by atoms with Crippen LogP contribution in [0.4, 0.5) is 0 Å². The zero-order valence-electron chi connectivity index (χ0n) is 7.18. The average Bonchev–Trinajstić information content (AvgIpc) is 2.88. The third kappa shape index (κ3) is 1.46. The van der Waals surface area contributed by atoms with Crippen LogP contribution in [0.2, 0.25) is 5.02 Å². The quantitative estimate of drug-likeness (QED) is 0.683. The van der Waals surface area contributed by atoms with Crippen molar-refractivity contribution in [2.24, 2.45) is 0 Å². The second kappa shape index (κ2) is 3.06. The van der Waals surface area contributed by atoms with Gasteiger partial charge < -0.3 is 0 Å². The molecule has 0 bridgehead atoms. The minimum Gasteiger partial charge on any atom is -0.256 e. The van der Waals surface area contributed by atoms with Gasteiger partial charge in [-0.25, -0.2) is 0 Å². The lowest BCUT2D eigenvalue weighted by Crippen LogP contribution is -1.93. The second-order valence-corrected chi connectivity index (χ2v) is 3.70. The zero-order valence-corrected chi connectivity index (χ0v) is 7.93. The predicted octanol–water partition coefficient (Wildman–Crippen LogP) is 3.17. The fourth-order valence-corrected chi connectivity index (χ4v) is 1.60. The lowest BCUT2D eigenvalue weighted by Gasteiger charge is -2.02. The molecule has 1 aromatic rings. The van der Waals surface area contributed by atoms with Crippen molar-refractivity contribution < 1.29 is 0 Å². The average molecular weight is 182 g/mol. The normalized spacial score (nSPS) is 16.5. The summed E-state index contributed by atoms with van der Waals surface area (Å²) in [6.07, 6.45) is 3.52. The molecule has 0 atom stereocenters. The fourth-order valence-electron chi connectivity index (χ4n) is 1.34. The highest BCUT2D eigenvalue weighted by atomic mass is 35.5. The smallest absolute Gasteiger partial charge is 0.0624 e. The SMILES string of the molecule is CCc1ccc(Cl)c(C2CC2)n1. The first-order valence-corrected chi connectivity index (χ1v) is 4.84. The number of pyridine rings is 1. The maximum atomic E-state index is 6.03. The van der Waals surface area contributed by atoms with Gasteiger partial charge >= 0.3 is 0 Å². The van der Waals surface area contributed by atoms with Gasteiger partial charge in [-0.15, -0.1) is 0 Å². The van der Waals surface area contributed by atoms with E-state index in [2.05, 4.69) is 11.9 Å². The van der Waals surface area contributed by atoms with E-state index in [0.717, 1.165) is 22.8 Å². The number of hydrogen-bond donors (Lipinski definition) is 0. The lowest BCUT2D eigenvalue weighted by atomic mass is 10.2. The maximum Gasteiger partial charge on any atom is 0.0624 e. The molecule has 0 aliphatic heterocycles. The molecule has 1 aliphatic rings. The Morgan fingerprint density at radius 3 is 2.83 bits per heavy atom. The molecule has 0 unspecified atom stereocenters. The molecule has 1 aliphatic carbocycles. The number of rotatable bonds is 2. The minimum atomic E-state index is 0.656. The first kappa shape index (κ1) is 8.06. The van der Waals surface area contributed by atoms with Crippen LogP contribution in [0.15, 0.2) is 12.1 Å². The van der Waals surface area contributed by atoms with Crippen LogP contribution in [0, 0.1) is 0 Å². The molecule has 1 nitrogen and oxygen atoms in total. The van der Waals surface area contributed by atoms with E-state index in [4.69, 9.17) is 11.6 Å². The van der Waals surface area contributed by atoms with Gasteiger partial charge in [-0.1, -0.05) is 18.5 Å². The summed E-state index contributed by atoms with van der Waals surface area (Å²) in [6, 6.07) is 3.98. The van der Waals surface area contributed by atoms with Crippen molar-refractivity contribution in [3.63, 3.8) is 0 Å². The summed E-state index contributed by atoms with van der Waals surface area (Å²) in [5.74, 6) is 0.656. The van der Waals surface area contributed by atoms with Crippen molar-refractivity contribution >= 4 is 11.6 Å². The van der Waals surface area contributed by atoms with Crippen LogP contribution >= 0.6 is 11.6 Å². The Hall–Kier alpha value is -0.560. The molecule has 64 valence electrons. The zero-order chi connectivity index (χ0) is 8.55. The molecule has 0 amide bonds. The highest BCUT2D eigenvalue weighted by Gasteiger charge is 2.27. The molecule has 0 N–H and O–H groups in total. The third-order valence-electron chi connectivity index (χ3n) is 2.26. The van der Waals surface area contributed by atoms with Crippen LogP contribution in [0.5, 0.6) is 0 Å². The Bertz CT molecular complexity index is 292. The molecular weight excluding hydrogens is 170 g/mol. The van der Waals surface area contributed by atoms with Gasteiger partial charge in [-0.3, -0.25) is 4.98 Å². The first-order valence-electron chi connectivity index (χ1n) is 4.46. The fraction of sp³-hybridized carbons (Fsp3) is 0.500. The van der Waals surface area contributed by atoms with Crippen LogP contribution in [-0.2, 0) is 6.42 Å². The summed E-state index contributed by atoms with van der Waals surface area (Å²) >= 11 is 6.03. The van der Waals surface area contributed by atoms with Gasteiger partial charge in [-0.05, 0) is 31.4 Å². The van der Waals surface area contributed by atoms with E-state index in [1.807, 2.05) is 12.1 Å². The van der Waals surface area contributed by atoms with E-state index in [0.29, 0.717) is 5.92 Å². The molecule has 0 saturated heterocycles. The van der Waals surface area contributed by atoms with E-state index in [-0.39, 0.29) is 0 Å².